The number of hydrogen-bond donors (Lipinski definition) is 3. The van der Waals surface area contributed by atoms with Crippen LogP contribution in [0.1, 0.15) is 32.4 Å². The van der Waals surface area contributed by atoms with Crippen LogP contribution in [0, 0.1) is 0 Å². The van der Waals surface area contributed by atoms with E-state index < -0.39 is 51.9 Å². The van der Waals surface area contributed by atoms with Crippen molar-refractivity contribution < 1.29 is 29.4 Å². The molecular formula is C18H21N3O6S. The van der Waals surface area contributed by atoms with Gasteiger partial charge in [-0.25, -0.2) is 4.79 Å². The molecule has 4 N–H and O–H groups in total. The minimum atomic E-state index is -1.21. The molecule has 2 saturated heterocycles. The second-order valence-electron chi connectivity index (χ2n) is 7.34. The number of amides is 3. The highest BCUT2D eigenvalue weighted by molar-refractivity contribution is 8.01. The number of aliphatic carboxylic acids is 1. The molecule has 0 radical (unpaired) electrons. The summed E-state index contributed by atoms with van der Waals surface area (Å²) in [5.41, 5.74) is 6.38. The second-order valence-corrected chi connectivity index (χ2v) is 9.11. The molecule has 28 heavy (non-hydrogen) atoms. The second kappa shape index (κ2) is 6.78. The Hall–Kier alpha value is -2.59. The number of carbonyl (C=O) groups is 4. The summed E-state index contributed by atoms with van der Waals surface area (Å²) in [6, 6.07) is 2.30. The molecule has 9 nitrogen and oxygen atoms in total. The smallest absolute Gasteiger partial charge is 0.327 e. The molecule has 1 aromatic carbocycles. The predicted molar refractivity (Wildman–Crippen MR) is 100 cm³/mol. The van der Waals surface area contributed by atoms with Gasteiger partial charge in [-0.1, -0.05) is 12.1 Å². The van der Waals surface area contributed by atoms with E-state index in [0.717, 1.165) is 11.8 Å². The van der Waals surface area contributed by atoms with Gasteiger partial charge < -0.3 is 20.8 Å². The third-order valence-corrected chi connectivity index (χ3v) is 6.58. The number of thioether (sulfide) groups is 1. The number of imide groups is 1. The zero-order valence-corrected chi connectivity index (χ0v) is 16.3. The van der Waals surface area contributed by atoms with E-state index in [1.165, 1.54) is 40.9 Å². The maximum Gasteiger partial charge on any atom is 0.327 e. The van der Waals surface area contributed by atoms with Crippen LogP contribution in [0.4, 0.5) is 0 Å². The Kier molecular flexibility index (Phi) is 4.88. The van der Waals surface area contributed by atoms with E-state index in [0.29, 0.717) is 5.56 Å². The number of hydrogen-bond acceptors (Lipinski definition) is 7. The number of nitrogens with zero attached hydrogens (tertiary/aromatic N) is 2. The summed E-state index contributed by atoms with van der Waals surface area (Å²) in [5, 5.41) is 18.2. The van der Waals surface area contributed by atoms with Gasteiger partial charge in [0.15, 0.2) is 0 Å². The van der Waals surface area contributed by atoms with Gasteiger partial charge in [-0.2, -0.15) is 0 Å². The number of nitrogens with two attached hydrogens (primary N) is 1. The van der Waals surface area contributed by atoms with Crippen LogP contribution in [0.2, 0.25) is 0 Å². The molecule has 2 aliphatic rings. The minimum absolute atomic E-state index is 0.000866. The normalized spacial score (nSPS) is 26.2. The largest absolute Gasteiger partial charge is 0.508 e. The maximum atomic E-state index is 12.9. The van der Waals surface area contributed by atoms with Crippen molar-refractivity contribution >= 4 is 35.5 Å². The lowest BCUT2D eigenvalue weighted by atomic mass is 9.94. The Morgan fingerprint density at radius 3 is 2.32 bits per heavy atom. The number of benzene rings is 1. The third-order valence-electron chi connectivity index (χ3n) is 5.02. The van der Waals surface area contributed by atoms with Crippen LogP contribution in [0.25, 0.3) is 0 Å². The van der Waals surface area contributed by atoms with Crippen LogP contribution in [0.3, 0.4) is 0 Å². The molecule has 2 fully saturated rings. The number of phenolic OH excluding ortho intramolecular Hbond substituents is 1. The van der Waals surface area contributed by atoms with Crippen molar-refractivity contribution in [2.24, 2.45) is 5.73 Å². The number of rotatable bonds is 4. The molecule has 0 aliphatic carbocycles. The van der Waals surface area contributed by atoms with E-state index in [1.807, 2.05) is 0 Å². The SMILES string of the molecule is CC(=O)N(C(=O)[C@H](N)c1ccc(O)cc1)[C@@H]1C(=O)N2[C@@H]1SC(C)(C)[C@@H]2C(=O)O. The van der Waals surface area contributed by atoms with E-state index in [2.05, 4.69) is 0 Å². The fraction of sp³-hybridized carbons (Fsp3) is 0.444. The summed E-state index contributed by atoms with van der Waals surface area (Å²) in [7, 11) is 0. The molecule has 3 amide bonds. The molecule has 0 saturated carbocycles. The van der Waals surface area contributed by atoms with Gasteiger partial charge in [0.25, 0.3) is 11.8 Å². The van der Waals surface area contributed by atoms with Crippen molar-refractivity contribution in [2.75, 3.05) is 0 Å². The van der Waals surface area contributed by atoms with Crippen molar-refractivity contribution in [3.8, 4) is 5.75 Å². The Morgan fingerprint density at radius 2 is 1.82 bits per heavy atom. The molecule has 3 rings (SSSR count). The number of carbonyl (C=O) groups excluding carboxylic acids is 3. The third kappa shape index (κ3) is 3.02. The highest BCUT2D eigenvalue weighted by Crippen LogP contribution is 2.52. The average Bonchev–Trinajstić information content (AvgIpc) is 2.86. The summed E-state index contributed by atoms with van der Waals surface area (Å²) in [5.74, 6) is -3.12. The summed E-state index contributed by atoms with van der Waals surface area (Å²) >= 11 is 1.24. The van der Waals surface area contributed by atoms with Gasteiger partial charge >= 0.3 is 5.97 Å². The topological polar surface area (TPSA) is 141 Å². The van der Waals surface area contributed by atoms with Crippen LogP contribution >= 0.6 is 11.8 Å². The average molecular weight is 407 g/mol. The van der Waals surface area contributed by atoms with Gasteiger partial charge in [-0.15, -0.1) is 11.8 Å². The van der Waals surface area contributed by atoms with Crippen LogP contribution < -0.4 is 5.73 Å². The lowest BCUT2D eigenvalue weighted by Gasteiger charge is -2.47. The molecule has 1 aromatic rings. The number of β-lactam (4-membered cyclic amide) rings is 1. The fourth-order valence-corrected chi connectivity index (χ4v) is 5.36. The summed E-state index contributed by atoms with van der Waals surface area (Å²) in [6.07, 6.45) is 0. The van der Waals surface area contributed by atoms with Crippen LogP contribution in [0.5, 0.6) is 5.75 Å². The van der Waals surface area contributed by atoms with Crippen LogP contribution in [-0.4, -0.2) is 65.9 Å². The first kappa shape index (κ1) is 20.2. The van der Waals surface area contributed by atoms with Gasteiger partial charge in [-0.05, 0) is 31.5 Å². The van der Waals surface area contributed by atoms with E-state index in [-0.39, 0.29) is 5.75 Å². The van der Waals surface area contributed by atoms with E-state index in [9.17, 15) is 29.4 Å². The van der Waals surface area contributed by atoms with E-state index in [4.69, 9.17) is 5.73 Å². The first-order valence-corrected chi connectivity index (χ1v) is 9.46. The molecule has 4 atom stereocenters. The Morgan fingerprint density at radius 1 is 1.25 bits per heavy atom. The fourth-order valence-electron chi connectivity index (χ4n) is 3.69. The molecule has 0 bridgehead atoms. The number of fused-ring (bicyclic) bond motifs is 1. The Balaban J connectivity index is 1.89. The monoisotopic (exact) mass is 407 g/mol. The van der Waals surface area contributed by atoms with Gasteiger partial charge in [0, 0.05) is 11.7 Å². The molecule has 2 aliphatic heterocycles. The predicted octanol–water partition coefficient (Wildman–Crippen LogP) is 0.283. The van der Waals surface area contributed by atoms with E-state index in [1.54, 1.807) is 13.8 Å². The number of aromatic hydroxyl groups is 1. The van der Waals surface area contributed by atoms with Crippen LogP contribution in [-0.2, 0) is 19.2 Å². The first-order valence-electron chi connectivity index (χ1n) is 8.58. The molecule has 10 heteroatoms. The highest BCUT2D eigenvalue weighted by atomic mass is 32.2. The first-order chi connectivity index (χ1) is 13.0. The highest BCUT2D eigenvalue weighted by Gasteiger charge is 2.66. The number of carboxylic acid groups (broad SMARTS) is 1. The zero-order chi connectivity index (χ0) is 21.0. The summed E-state index contributed by atoms with van der Waals surface area (Å²) in [4.78, 5) is 51.6. The minimum Gasteiger partial charge on any atom is -0.508 e. The number of phenols is 1. The summed E-state index contributed by atoms with van der Waals surface area (Å²) < 4.78 is -0.772. The van der Waals surface area contributed by atoms with Crippen LogP contribution in [0.15, 0.2) is 24.3 Å². The standard InChI is InChI=1S/C18H21N3O6S/c1-8(22)20(14(24)11(19)9-4-6-10(23)7-5-9)12-15(25)21-13(17(26)27)18(2,3)28-16(12)21/h4-7,11-13,16,23H,19H2,1-3H3,(H,26,27)/t11-,12-,13+,16-/m1/s1. The summed E-state index contributed by atoms with van der Waals surface area (Å²) in [6.45, 7) is 4.58. The molecule has 0 aromatic heterocycles. The van der Waals surface area contributed by atoms with Gasteiger partial charge in [0.1, 0.15) is 29.2 Å². The molecule has 150 valence electrons. The molecule has 2 heterocycles. The van der Waals surface area contributed by atoms with Gasteiger partial charge in [-0.3, -0.25) is 19.3 Å². The maximum absolute atomic E-state index is 12.9. The quantitative estimate of drug-likeness (QED) is 0.605. The Labute approximate surface area is 165 Å². The van der Waals surface area contributed by atoms with Crippen molar-refractivity contribution in [2.45, 2.75) is 49.0 Å². The van der Waals surface area contributed by atoms with E-state index >= 15 is 0 Å². The lowest BCUT2D eigenvalue weighted by Crippen LogP contribution is -2.72. The van der Waals surface area contributed by atoms with Crippen molar-refractivity contribution in [3.05, 3.63) is 29.8 Å². The lowest BCUT2D eigenvalue weighted by molar-refractivity contribution is -0.172. The van der Waals surface area contributed by atoms with Crippen molar-refractivity contribution in [1.29, 1.82) is 0 Å². The van der Waals surface area contributed by atoms with Gasteiger partial charge in [0.2, 0.25) is 5.91 Å². The van der Waals surface area contributed by atoms with Gasteiger partial charge in [0.05, 0.1) is 0 Å². The Bertz CT molecular complexity index is 855. The van der Waals surface area contributed by atoms with Crippen molar-refractivity contribution in [1.82, 2.24) is 9.80 Å². The number of carboxylic acids is 1. The molecule has 0 spiro atoms. The molecular weight excluding hydrogens is 386 g/mol. The zero-order valence-electron chi connectivity index (χ0n) is 15.5. The molecule has 0 unspecified atom stereocenters. The van der Waals surface area contributed by atoms with Crippen molar-refractivity contribution in [3.63, 3.8) is 0 Å².